The van der Waals surface area contributed by atoms with Crippen molar-refractivity contribution in [3.8, 4) is 11.8 Å². The Morgan fingerprint density at radius 3 is 2.53 bits per heavy atom. The van der Waals surface area contributed by atoms with Gasteiger partial charge in [-0.05, 0) is 23.6 Å². The summed E-state index contributed by atoms with van der Waals surface area (Å²) in [5, 5.41) is 9.98. The third-order valence-electron chi connectivity index (χ3n) is 2.21. The zero-order valence-electron chi connectivity index (χ0n) is 8.45. The SMILES string of the molecule is N#Cc1cccc2ccc(OC(F)(F)F)cc12. The number of hydrogen-bond donors (Lipinski definition) is 0. The van der Waals surface area contributed by atoms with Gasteiger partial charge in [0.1, 0.15) is 5.75 Å². The molecule has 0 heterocycles. The van der Waals surface area contributed by atoms with Crippen LogP contribution < -0.4 is 4.74 Å². The molecule has 0 unspecified atom stereocenters. The van der Waals surface area contributed by atoms with E-state index in [-0.39, 0.29) is 5.75 Å². The van der Waals surface area contributed by atoms with Crippen LogP contribution in [0.4, 0.5) is 13.2 Å². The highest BCUT2D eigenvalue weighted by Crippen LogP contribution is 2.27. The van der Waals surface area contributed by atoms with Crippen LogP contribution in [0.25, 0.3) is 10.8 Å². The Hall–Kier alpha value is -2.22. The first-order valence-electron chi connectivity index (χ1n) is 4.68. The van der Waals surface area contributed by atoms with Crippen molar-refractivity contribution in [2.75, 3.05) is 0 Å². The van der Waals surface area contributed by atoms with Gasteiger partial charge in [0.25, 0.3) is 0 Å². The van der Waals surface area contributed by atoms with Crippen LogP contribution in [0.3, 0.4) is 0 Å². The van der Waals surface area contributed by atoms with E-state index < -0.39 is 6.36 Å². The van der Waals surface area contributed by atoms with E-state index in [0.29, 0.717) is 16.3 Å². The van der Waals surface area contributed by atoms with Gasteiger partial charge in [0.2, 0.25) is 0 Å². The number of alkyl halides is 3. The standard InChI is InChI=1S/C12H6F3NO/c13-12(14,15)17-10-5-4-8-2-1-3-9(7-16)11(8)6-10/h1-6H. The molecule has 0 radical (unpaired) electrons. The number of nitrogens with zero attached hydrogens (tertiary/aromatic N) is 1. The van der Waals surface area contributed by atoms with Crippen molar-refractivity contribution in [3.05, 3.63) is 42.0 Å². The third-order valence-corrected chi connectivity index (χ3v) is 2.21. The van der Waals surface area contributed by atoms with E-state index in [1.165, 1.54) is 18.2 Å². The Bertz CT molecular complexity index is 599. The lowest BCUT2D eigenvalue weighted by Gasteiger charge is -2.09. The number of rotatable bonds is 1. The summed E-state index contributed by atoms with van der Waals surface area (Å²) in [5.41, 5.74) is 0.315. The number of fused-ring (bicyclic) bond motifs is 1. The minimum Gasteiger partial charge on any atom is -0.406 e. The second kappa shape index (κ2) is 3.98. The second-order valence-corrected chi connectivity index (χ2v) is 3.35. The van der Waals surface area contributed by atoms with Crippen molar-refractivity contribution in [2.45, 2.75) is 6.36 Å². The monoisotopic (exact) mass is 237 g/mol. The molecule has 2 aromatic carbocycles. The van der Waals surface area contributed by atoms with Gasteiger partial charge in [-0.2, -0.15) is 5.26 Å². The molecule has 0 saturated carbocycles. The molecular weight excluding hydrogens is 231 g/mol. The first-order chi connectivity index (χ1) is 7.99. The summed E-state index contributed by atoms with van der Waals surface area (Å²) in [6.45, 7) is 0. The average Bonchev–Trinajstić information content (AvgIpc) is 2.26. The Morgan fingerprint density at radius 1 is 1.12 bits per heavy atom. The van der Waals surface area contributed by atoms with E-state index in [9.17, 15) is 13.2 Å². The zero-order valence-corrected chi connectivity index (χ0v) is 8.45. The van der Waals surface area contributed by atoms with Crippen molar-refractivity contribution >= 4 is 10.8 Å². The normalized spacial score (nSPS) is 11.2. The highest BCUT2D eigenvalue weighted by Gasteiger charge is 2.31. The van der Waals surface area contributed by atoms with Gasteiger partial charge in [-0.25, -0.2) is 0 Å². The minimum atomic E-state index is -4.73. The van der Waals surface area contributed by atoms with Crippen LogP contribution in [0.2, 0.25) is 0 Å². The van der Waals surface area contributed by atoms with Gasteiger partial charge >= 0.3 is 6.36 Å². The van der Waals surface area contributed by atoms with Crippen molar-refractivity contribution in [3.63, 3.8) is 0 Å². The lowest BCUT2D eigenvalue weighted by atomic mass is 10.1. The second-order valence-electron chi connectivity index (χ2n) is 3.35. The van der Waals surface area contributed by atoms with Gasteiger partial charge in [-0.15, -0.1) is 13.2 Å². The molecule has 5 heteroatoms. The maximum absolute atomic E-state index is 12.0. The molecule has 0 aliphatic rings. The molecule has 2 rings (SSSR count). The molecule has 0 atom stereocenters. The molecule has 2 aromatic rings. The highest BCUT2D eigenvalue weighted by atomic mass is 19.4. The van der Waals surface area contributed by atoms with Crippen LogP contribution in [-0.4, -0.2) is 6.36 Å². The molecule has 0 aliphatic carbocycles. The first-order valence-corrected chi connectivity index (χ1v) is 4.68. The van der Waals surface area contributed by atoms with Crippen LogP contribution in [0.15, 0.2) is 36.4 Å². The molecule has 0 fully saturated rings. The number of halogens is 3. The Kier molecular flexibility index (Phi) is 2.64. The Morgan fingerprint density at radius 2 is 1.88 bits per heavy atom. The van der Waals surface area contributed by atoms with Crippen LogP contribution in [0, 0.1) is 11.3 Å². The van der Waals surface area contributed by atoms with Crippen LogP contribution in [0.5, 0.6) is 5.75 Å². The van der Waals surface area contributed by atoms with Crippen molar-refractivity contribution in [1.29, 1.82) is 5.26 Å². The maximum Gasteiger partial charge on any atom is 0.573 e. The summed E-state index contributed by atoms with van der Waals surface area (Å²) in [5.74, 6) is -0.326. The zero-order chi connectivity index (χ0) is 12.5. The summed E-state index contributed by atoms with van der Waals surface area (Å²) < 4.78 is 39.9. The molecule has 86 valence electrons. The predicted octanol–water partition coefficient (Wildman–Crippen LogP) is 3.61. The average molecular weight is 237 g/mol. The lowest BCUT2D eigenvalue weighted by Crippen LogP contribution is -2.17. The third kappa shape index (κ3) is 2.48. The van der Waals surface area contributed by atoms with E-state index in [1.54, 1.807) is 18.2 Å². The maximum atomic E-state index is 12.0. The number of nitriles is 1. The van der Waals surface area contributed by atoms with Gasteiger partial charge in [0, 0.05) is 5.39 Å². The van der Waals surface area contributed by atoms with E-state index >= 15 is 0 Å². The van der Waals surface area contributed by atoms with Gasteiger partial charge in [0.15, 0.2) is 0 Å². The molecule has 0 amide bonds. The summed E-state index contributed by atoms with van der Waals surface area (Å²) in [6.07, 6.45) is -4.73. The van der Waals surface area contributed by atoms with Crippen molar-refractivity contribution < 1.29 is 17.9 Å². The van der Waals surface area contributed by atoms with Gasteiger partial charge in [0.05, 0.1) is 11.6 Å². The fraction of sp³-hybridized carbons (Fsp3) is 0.0833. The summed E-state index contributed by atoms with van der Waals surface area (Å²) in [7, 11) is 0. The summed E-state index contributed by atoms with van der Waals surface area (Å²) in [6, 6.07) is 10.8. The molecule has 0 aliphatic heterocycles. The van der Waals surface area contributed by atoms with E-state index in [4.69, 9.17) is 5.26 Å². The van der Waals surface area contributed by atoms with E-state index in [0.717, 1.165) is 0 Å². The first kappa shape index (κ1) is 11.3. The van der Waals surface area contributed by atoms with Gasteiger partial charge in [-0.3, -0.25) is 0 Å². The molecule has 0 N–H and O–H groups in total. The predicted molar refractivity (Wildman–Crippen MR) is 55.3 cm³/mol. The quantitative estimate of drug-likeness (QED) is 0.759. The van der Waals surface area contributed by atoms with Crippen LogP contribution in [0.1, 0.15) is 5.56 Å². The molecule has 0 bridgehead atoms. The van der Waals surface area contributed by atoms with Gasteiger partial charge < -0.3 is 4.74 Å². The van der Waals surface area contributed by atoms with Crippen molar-refractivity contribution in [2.24, 2.45) is 0 Å². The van der Waals surface area contributed by atoms with Crippen LogP contribution in [-0.2, 0) is 0 Å². The number of benzene rings is 2. The molecule has 17 heavy (non-hydrogen) atoms. The highest BCUT2D eigenvalue weighted by molar-refractivity contribution is 5.88. The molecule has 2 nitrogen and oxygen atoms in total. The Labute approximate surface area is 94.8 Å². The van der Waals surface area contributed by atoms with E-state index in [2.05, 4.69) is 4.74 Å². The van der Waals surface area contributed by atoms with Crippen molar-refractivity contribution in [1.82, 2.24) is 0 Å². The topological polar surface area (TPSA) is 33.0 Å². The molecule has 0 aromatic heterocycles. The lowest BCUT2D eigenvalue weighted by molar-refractivity contribution is -0.274. The number of ether oxygens (including phenoxy) is 1. The largest absolute Gasteiger partial charge is 0.573 e. The molecular formula is C12H6F3NO. The van der Waals surface area contributed by atoms with Gasteiger partial charge in [-0.1, -0.05) is 18.2 Å². The molecule has 0 spiro atoms. The minimum absolute atomic E-state index is 0.315. The van der Waals surface area contributed by atoms with Crippen LogP contribution >= 0.6 is 0 Å². The fourth-order valence-corrected chi connectivity index (χ4v) is 1.55. The fourth-order valence-electron chi connectivity index (χ4n) is 1.55. The molecule has 0 saturated heterocycles. The smallest absolute Gasteiger partial charge is 0.406 e. The summed E-state index contributed by atoms with van der Waals surface area (Å²) >= 11 is 0. The van der Waals surface area contributed by atoms with E-state index in [1.807, 2.05) is 6.07 Å². The number of hydrogen-bond acceptors (Lipinski definition) is 2. The Balaban J connectivity index is 2.53. The summed E-state index contributed by atoms with van der Waals surface area (Å²) in [4.78, 5) is 0.